The van der Waals surface area contributed by atoms with E-state index in [1.165, 1.54) is 23.5 Å². The molecule has 292 valence electrons. The number of fused-ring (bicyclic) bond motifs is 1. The van der Waals surface area contributed by atoms with Crippen molar-refractivity contribution >= 4 is 40.2 Å². The van der Waals surface area contributed by atoms with Gasteiger partial charge in [-0.3, -0.25) is 19.6 Å². The normalized spacial score (nSPS) is 16.3. The summed E-state index contributed by atoms with van der Waals surface area (Å²) in [6.45, 7) is 14.6. The molecule has 1 saturated heterocycles. The van der Waals surface area contributed by atoms with Crippen LogP contribution in [0.25, 0.3) is 33.4 Å². The molecule has 2 amide bonds. The zero-order valence-electron chi connectivity index (χ0n) is 32.8. The highest BCUT2D eigenvalue weighted by Crippen LogP contribution is 2.41. The van der Waals surface area contributed by atoms with Crippen molar-refractivity contribution in [2.24, 2.45) is 5.41 Å². The largest absolute Gasteiger partial charge is 0.468 e. The van der Waals surface area contributed by atoms with Crippen molar-refractivity contribution in [2.45, 2.75) is 104 Å². The minimum absolute atomic E-state index is 0.0161. The van der Waals surface area contributed by atoms with Gasteiger partial charge in [0.2, 0.25) is 0 Å². The molecule has 3 atom stereocenters. The van der Waals surface area contributed by atoms with Crippen LogP contribution < -0.4 is 10.7 Å². The number of benzene rings is 1. The number of hydrogen-bond acceptors (Lipinski definition) is 11. The first-order chi connectivity index (χ1) is 25.6. The third kappa shape index (κ3) is 9.28. The zero-order chi connectivity index (χ0) is 39.4. The summed E-state index contributed by atoms with van der Waals surface area (Å²) in [7, 11) is 2.99. The van der Waals surface area contributed by atoms with Crippen LogP contribution in [0, 0.1) is 5.41 Å². The lowest BCUT2D eigenvalue weighted by atomic mass is 9.84. The summed E-state index contributed by atoms with van der Waals surface area (Å²) in [5.41, 5.74) is 8.47. The smallest absolute Gasteiger partial charge is 0.408 e. The van der Waals surface area contributed by atoms with Gasteiger partial charge in [-0.15, -0.1) is 11.3 Å². The molecule has 13 nitrogen and oxygen atoms in total. The molecule has 0 bridgehead atoms. The summed E-state index contributed by atoms with van der Waals surface area (Å²) in [4.78, 5) is 48.8. The topological polar surface area (TPSA) is 157 Å². The molecule has 0 saturated carbocycles. The highest BCUT2D eigenvalue weighted by Gasteiger charge is 2.34. The van der Waals surface area contributed by atoms with E-state index < -0.39 is 41.1 Å². The molecule has 3 aromatic heterocycles. The number of aliphatic hydroxyl groups excluding tert-OH is 1. The predicted molar refractivity (Wildman–Crippen MR) is 209 cm³/mol. The van der Waals surface area contributed by atoms with Crippen LogP contribution in [0.1, 0.15) is 83.7 Å². The molecule has 0 spiro atoms. The Morgan fingerprint density at radius 1 is 1.15 bits per heavy atom. The van der Waals surface area contributed by atoms with E-state index in [9.17, 15) is 19.5 Å². The first-order valence-corrected chi connectivity index (χ1v) is 19.3. The molecule has 5 rings (SSSR count). The minimum atomic E-state index is -1.01. The lowest BCUT2D eigenvalue weighted by Gasteiger charge is -2.34. The summed E-state index contributed by atoms with van der Waals surface area (Å²) < 4.78 is 18.4. The van der Waals surface area contributed by atoms with E-state index in [-0.39, 0.29) is 19.1 Å². The number of esters is 1. The van der Waals surface area contributed by atoms with Gasteiger partial charge in [-0.25, -0.2) is 15.2 Å². The Bertz CT molecular complexity index is 1970. The Morgan fingerprint density at radius 2 is 1.91 bits per heavy atom. The fourth-order valence-corrected chi connectivity index (χ4v) is 7.64. The third-order valence-corrected chi connectivity index (χ3v) is 10.4. The number of nitrogens with zero attached hydrogens (tertiary/aromatic N) is 4. The second-order valence-corrected chi connectivity index (χ2v) is 16.4. The zero-order valence-corrected chi connectivity index (χ0v) is 33.6. The van der Waals surface area contributed by atoms with Crippen molar-refractivity contribution < 1.29 is 33.7 Å². The van der Waals surface area contributed by atoms with E-state index in [0.29, 0.717) is 37.4 Å². The van der Waals surface area contributed by atoms with Crippen LogP contribution in [0.3, 0.4) is 0 Å². The number of carbonyl (C=O) groups is 3. The van der Waals surface area contributed by atoms with E-state index in [0.717, 1.165) is 44.7 Å². The maximum absolute atomic E-state index is 13.9. The van der Waals surface area contributed by atoms with Crippen molar-refractivity contribution in [3.8, 4) is 22.5 Å². The van der Waals surface area contributed by atoms with Crippen LogP contribution in [0.2, 0.25) is 0 Å². The molecule has 14 heteroatoms. The number of thiazole rings is 1. The van der Waals surface area contributed by atoms with Gasteiger partial charge in [0.25, 0.3) is 5.91 Å². The Hall–Kier alpha value is -4.37. The molecule has 1 aliphatic rings. The highest BCUT2D eigenvalue weighted by atomic mass is 32.1. The molecule has 0 radical (unpaired) electrons. The summed E-state index contributed by atoms with van der Waals surface area (Å²) in [5.74, 6) is -0.865. The Labute approximate surface area is 321 Å². The first-order valence-electron chi connectivity index (χ1n) is 18.4. The molecule has 1 aromatic carbocycles. The van der Waals surface area contributed by atoms with E-state index in [1.54, 1.807) is 34.1 Å². The van der Waals surface area contributed by atoms with E-state index in [4.69, 9.17) is 24.2 Å². The van der Waals surface area contributed by atoms with Crippen LogP contribution in [-0.2, 0) is 43.2 Å². The van der Waals surface area contributed by atoms with Gasteiger partial charge in [-0.1, -0.05) is 19.9 Å². The van der Waals surface area contributed by atoms with Crippen LogP contribution in [-0.4, -0.2) is 87.7 Å². The molecule has 1 fully saturated rings. The molecule has 4 aromatic rings. The maximum Gasteiger partial charge on any atom is 0.408 e. The molecular formula is C40H54N6O7S. The first kappa shape index (κ1) is 40.8. The second-order valence-electron chi connectivity index (χ2n) is 15.5. The van der Waals surface area contributed by atoms with Crippen LogP contribution >= 0.6 is 11.3 Å². The number of ether oxygens (including phenoxy) is 3. The number of aryl methyl sites for hydroxylation is 1. The number of methoxy groups -OCH3 is 2. The minimum Gasteiger partial charge on any atom is -0.468 e. The number of carbonyl (C=O) groups excluding carboxylic acids is 3. The molecule has 4 heterocycles. The van der Waals surface area contributed by atoms with Crippen molar-refractivity contribution in [1.29, 1.82) is 0 Å². The number of aliphatic hydroxyl groups is 1. The average Bonchev–Trinajstić information content (AvgIpc) is 3.74. The van der Waals surface area contributed by atoms with E-state index >= 15 is 0 Å². The Balaban J connectivity index is 1.53. The maximum atomic E-state index is 13.9. The van der Waals surface area contributed by atoms with Gasteiger partial charge in [0.15, 0.2) is 0 Å². The molecule has 3 N–H and O–H groups in total. The summed E-state index contributed by atoms with van der Waals surface area (Å²) >= 11 is 1.40. The van der Waals surface area contributed by atoms with Gasteiger partial charge in [0.1, 0.15) is 17.7 Å². The third-order valence-electron chi connectivity index (χ3n) is 9.55. The number of pyridine rings is 1. The Kier molecular flexibility index (Phi) is 12.8. The SMILES string of the molecule is CCn1c(-c2cccnc2C(C)OC)c(CC(C)(C)CO)c2cc(-c3csc(CC(NC(=O)OC(C)(C)C)C(=O)N4CCC[C@@H](C(=O)OC)N4)n3)ccc21. The van der Waals surface area contributed by atoms with E-state index in [1.807, 2.05) is 24.4 Å². The van der Waals surface area contributed by atoms with Gasteiger partial charge >= 0.3 is 12.1 Å². The van der Waals surface area contributed by atoms with Crippen molar-refractivity contribution in [3.63, 3.8) is 0 Å². The number of aromatic nitrogens is 3. The number of rotatable bonds is 13. The standard InChI is InChI=1S/C40H54N6O7S/c1-10-45-32-16-15-25(19-27(32)28(21-40(6,7)23-47)35(45)26-13-11-17-41-34(26)24(2)51-8)31-22-54-33(42-31)20-30(43-38(50)53-39(3,4)5)36(48)46-18-12-14-29(44-46)37(49)52-9/h11,13,15-17,19,22,24,29-30,44,47H,10,12,14,18,20-21,23H2,1-9H3,(H,43,50)/t24?,29-,30?/m0/s1. The van der Waals surface area contributed by atoms with Gasteiger partial charge in [-0.05, 0) is 89.1 Å². The van der Waals surface area contributed by atoms with Crippen molar-refractivity contribution in [2.75, 3.05) is 27.4 Å². The number of amides is 2. The van der Waals surface area contributed by atoms with Crippen LogP contribution in [0.4, 0.5) is 4.79 Å². The lowest BCUT2D eigenvalue weighted by molar-refractivity contribution is -0.150. The van der Waals surface area contributed by atoms with Gasteiger partial charge in [0, 0.05) is 66.8 Å². The van der Waals surface area contributed by atoms with Crippen LogP contribution in [0.5, 0.6) is 0 Å². The fourth-order valence-electron chi connectivity index (χ4n) is 6.79. The second kappa shape index (κ2) is 17.0. The highest BCUT2D eigenvalue weighted by molar-refractivity contribution is 7.10. The number of alkyl carbamates (subject to hydrolysis) is 1. The molecular weight excluding hydrogens is 709 g/mol. The average molecular weight is 763 g/mol. The van der Waals surface area contributed by atoms with Gasteiger partial charge < -0.3 is 29.2 Å². The van der Waals surface area contributed by atoms with Gasteiger partial charge in [0.05, 0.1) is 35.3 Å². The monoisotopic (exact) mass is 762 g/mol. The number of nitrogens with one attached hydrogen (secondary N) is 2. The molecule has 1 aliphatic heterocycles. The number of hydrazine groups is 1. The quantitative estimate of drug-likeness (QED) is 0.134. The molecule has 2 unspecified atom stereocenters. The summed E-state index contributed by atoms with van der Waals surface area (Å²) in [6.07, 6.45) is 2.67. The number of hydrogen-bond donors (Lipinski definition) is 3. The van der Waals surface area contributed by atoms with E-state index in [2.05, 4.69) is 54.3 Å². The Morgan fingerprint density at radius 3 is 2.57 bits per heavy atom. The van der Waals surface area contributed by atoms with Gasteiger partial charge in [-0.2, -0.15) is 0 Å². The van der Waals surface area contributed by atoms with Crippen LogP contribution in [0.15, 0.2) is 41.9 Å². The predicted octanol–water partition coefficient (Wildman–Crippen LogP) is 6.22. The fraction of sp³-hybridized carbons (Fsp3) is 0.525. The molecule has 0 aliphatic carbocycles. The van der Waals surface area contributed by atoms with Crippen molar-refractivity contribution in [1.82, 2.24) is 30.3 Å². The van der Waals surface area contributed by atoms with Crippen molar-refractivity contribution in [3.05, 3.63) is 58.2 Å². The lowest BCUT2D eigenvalue weighted by Crippen LogP contribution is -2.60. The summed E-state index contributed by atoms with van der Waals surface area (Å²) in [5, 5.41) is 18.2. The molecule has 54 heavy (non-hydrogen) atoms. The summed E-state index contributed by atoms with van der Waals surface area (Å²) in [6, 6.07) is 8.65.